The molecule has 4 nitrogen and oxygen atoms in total. The lowest BCUT2D eigenvalue weighted by Gasteiger charge is -2.19. The van der Waals surface area contributed by atoms with Gasteiger partial charge >= 0.3 is 0 Å². The molecule has 0 atom stereocenters. The molecule has 1 aromatic carbocycles. The third-order valence-electron chi connectivity index (χ3n) is 6.35. The van der Waals surface area contributed by atoms with E-state index >= 15 is 0 Å². The van der Waals surface area contributed by atoms with Gasteiger partial charge in [-0.2, -0.15) is 0 Å². The van der Waals surface area contributed by atoms with Crippen molar-refractivity contribution >= 4 is 16.8 Å². The molecule has 27 heavy (non-hydrogen) atoms. The number of pyridine rings is 1. The van der Waals surface area contributed by atoms with Crippen molar-refractivity contribution in [2.75, 3.05) is 0 Å². The van der Waals surface area contributed by atoms with Gasteiger partial charge in [0.1, 0.15) is 5.56 Å². The van der Waals surface area contributed by atoms with Crippen LogP contribution in [0, 0.1) is 5.92 Å². The molecular weight excluding hydrogens is 336 g/mol. The van der Waals surface area contributed by atoms with Gasteiger partial charge in [0, 0.05) is 24.2 Å². The van der Waals surface area contributed by atoms with E-state index in [9.17, 15) is 9.59 Å². The molecule has 2 aliphatic rings. The lowest BCUT2D eigenvalue weighted by atomic mass is 10.1. The van der Waals surface area contributed by atoms with Crippen LogP contribution in [0.5, 0.6) is 0 Å². The van der Waals surface area contributed by atoms with Crippen molar-refractivity contribution in [3.8, 4) is 0 Å². The van der Waals surface area contributed by atoms with E-state index in [0.29, 0.717) is 16.9 Å². The maximum absolute atomic E-state index is 13.0. The number of nitrogens with zero attached hydrogens (tertiary/aromatic N) is 1. The summed E-state index contributed by atoms with van der Waals surface area (Å²) in [6.45, 7) is 0.893. The van der Waals surface area contributed by atoms with E-state index in [2.05, 4.69) is 9.88 Å². The molecule has 4 heteroatoms. The van der Waals surface area contributed by atoms with Gasteiger partial charge < -0.3 is 9.88 Å². The zero-order valence-corrected chi connectivity index (χ0v) is 16.1. The van der Waals surface area contributed by atoms with Crippen molar-refractivity contribution in [3.05, 3.63) is 46.2 Å². The molecule has 0 radical (unpaired) electrons. The molecule has 2 saturated carbocycles. The Morgan fingerprint density at radius 2 is 1.63 bits per heavy atom. The van der Waals surface area contributed by atoms with Gasteiger partial charge in [0.15, 0.2) is 0 Å². The van der Waals surface area contributed by atoms with E-state index in [4.69, 9.17) is 0 Å². The van der Waals surface area contributed by atoms with Gasteiger partial charge in [-0.3, -0.25) is 9.59 Å². The van der Waals surface area contributed by atoms with E-state index in [1.165, 1.54) is 38.5 Å². The smallest absolute Gasteiger partial charge is 0.256 e. The van der Waals surface area contributed by atoms with E-state index < -0.39 is 0 Å². The third kappa shape index (κ3) is 4.10. The molecule has 0 spiro atoms. The Morgan fingerprint density at radius 3 is 2.37 bits per heavy atom. The standard InChI is InChI=1S/C23H30N2O2/c26-22-19-13-7-8-14-21(19)25(15-17-9-5-6-10-17)16-20(22)23(27)24-18-11-3-1-2-4-12-18/h7-8,13-14,16-18H,1-6,9-12,15H2,(H,24,27). The SMILES string of the molecule is O=C(NC1CCCCCC1)c1cn(CC2CCCC2)c2ccccc2c1=O. The van der Waals surface area contributed by atoms with E-state index in [0.717, 1.165) is 37.7 Å². The third-order valence-corrected chi connectivity index (χ3v) is 6.35. The largest absolute Gasteiger partial charge is 0.349 e. The first-order valence-corrected chi connectivity index (χ1v) is 10.7. The average molecular weight is 367 g/mol. The Hall–Kier alpha value is -2.10. The van der Waals surface area contributed by atoms with Gasteiger partial charge in [0.05, 0.1) is 5.52 Å². The molecule has 1 N–H and O–H groups in total. The van der Waals surface area contributed by atoms with Crippen molar-refractivity contribution in [3.63, 3.8) is 0 Å². The molecule has 1 amide bonds. The molecule has 1 aromatic heterocycles. The maximum Gasteiger partial charge on any atom is 0.256 e. The van der Waals surface area contributed by atoms with E-state index in [1.54, 1.807) is 0 Å². The van der Waals surface area contributed by atoms with E-state index in [-0.39, 0.29) is 17.4 Å². The fourth-order valence-corrected chi connectivity index (χ4v) is 4.82. The van der Waals surface area contributed by atoms with Crippen LogP contribution in [0.15, 0.2) is 35.3 Å². The number of fused-ring (bicyclic) bond motifs is 1. The Bertz CT molecular complexity index is 856. The van der Waals surface area contributed by atoms with Crippen LogP contribution in [0.1, 0.15) is 74.6 Å². The second-order valence-corrected chi connectivity index (χ2v) is 8.35. The Kier molecular flexibility index (Phi) is 5.61. The summed E-state index contributed by atoms with van der Waals surface area (Å²) in [6.07, 6.45) is 13.7. The Balaban J connectivity index is 1.65. The monoisotopic (exact) mass is 366 g/mol. The highest BCUT2D eigenvalue weighted by Crippen LogP contribution is 2.27. The highest BCUT2D eigenvalue weighted by molar-refractivity contribution is 5.97. The number of carbonyl (C=O) groups excluding carboxylic acids is 1. The van der Waals surface area contributed by atoms with Gasteiger partial charge in [-0.1, -0.05) is 50.7 Å². The van der Waals surface area contributed by atoms with Crippen molar-refractivity contribution in [2.45, 2.75) is 76.8 Å². The quantitative estimate of drug-likeness (QED) is 0.801. The summed E-state index contributed by atoms with van der Waals surface area (Å²) in [5.74, 6) is 0.450. The Morgan fingerprint density at radius 1 is 0.963 bits per heavy atom. The number of nitrogens with one attached hydrogen (secondary N) is 1. The molecule has 1 heterocycles. The minimum Gasteiger partial charge on any atom is -0.349 e. The minimum absolute atomic E-state index is 0.139. The number of hydrogen-bond acceptors (Lipinski definition) is 2. The first kappa shape index (κ1) is 18.3. The highest BCUT2D eigenvalue weighted by atomic mass is 16.2. The molecular formula is C23H30N2O2. The molecule has 0 bridgehead atoms. The fraction of sp³-hybridized carbons (Fsp3) is 0.565. The molecule has 0 unspecified atom stereocenters. The lowest BCUT2D eigenvalue weighted by molar-refractivity contribution is 0.0931. The number of aromatic nitrogens is 1. The highest BCUT2D eigenvalue weighted by Gasteiger charge is 2.21. The zero-order chi connectivity index (χ0) is 18.6. The fourth-order valence-electron chi connectivity index (χ4n) is 4.82. The topological polar surface area (TPSA) is 51.1 Å². The maximum atomic E-state index is 13.0. The zero-order valence-electron chi connectivity index (χ0n) is 16.1. The predicted molar refractivity (Wildman–Crippen MR) is 109 cm³/mol. The van der Waals surface area contributed by atoms with Gasteiger partial charge in [-0.05, 0) is 43.7 Å². The summed E-state index contributed by atoms with van der Waals surface area (Å²) in [4.78, 5) is 25.9. The summed E-state index contributed by atoms with van der Waals surface area (Å²) in [5, 5.41) is 3.81. The van der Waals surface area contributed by atoms with Crippen LogP contribution >= 0.6 is 0 Å². The van der Waals surface area contributed by atoms with Crippen molar-refractivity contribution in [1.29, 1.82) is 0 Å². The second kappa shape index (κ2) is 8.28. The number of rotatable bonds is 4. The second-order valence-electron chi connectivity index (χ2n) is 8.35. The molecule has 2 fully saturated rings. The van der Waals surface area contributed by atoms with Crippen LogP contribution in [-0.4, -0.2) is 16.5 Å². The van der Waals surface area contributed by atoms with Crippen molar-refractivity contribution < 1.29 is 4.79 Å². The molecule has 2 aliphatic carbocycles. The van der Waals surface area contributed by atoms with Crippen LogP contribution in [-0.2, 0) is 6.54 Å². The first-order chi connectivity index (χ1) is 13.2. The molecule has 144 valence electrons. The molecule has 2 aromatic rings. The summed E-state index contributed by atoms with van der Waals surface area (Å²) >= 11 is 0. The molecule has 0 aliphatic heterocycles. The van der Waals surface area contributed by atoms with Crippen molar-refractivity contribution in [1.82, 2.24) is 9.88 Å². The Labute approximate surface area is 161 Å². The van der Waals surface area contributed by atoms with Gasteiger partial charge in [0.25, 0.3) is 5.91 Å². The van der Waals surface area contributed by atoms with Crippen molar-refractivity contribution in [2.24, 2.45) is 5.92 Å². The predicted octanol–water partition coefficient (Wildman–Crippen LogP) is 4.64. The number of carbonyl (C=O) groups is 1. The molecule has 0 saturated heterocycles. The first-order valence-electron chi connectivity index (χ1n) is 10.7. The van der Waals surface area contributed by atoms with Crippen LogP contribution in [0.25, 0.3) is 10.9 Å². The van der Waals surface area contributed by atoms with Crippen LogP contribution in [0.4, 0.5) is 0 Å². The summed E-state index contributed by atoms with van der Waals surface area (Å²) in [7, 11) is 0. The van der Waals surface area contributed by atoms with Gasteiger partial charge in [-0.15, -0.1) is 0 Å². The summed E-state index contributed by atoms with van der Waals surface area (Å²) in [5.41, 5.74) is 1.11. The number of hydrogen-bond donors (Lipinski definition) is 1. The summed E-state index contributed by atoms with van der Waals surface area (Å²) < 4.78 is 2.15. The van der Waals surface area contributed by atoms with E-state index in [1.807, 2.05) is 30.5 Å². The molecule has 4 rings (SSSR count). The summed E-state index contributed by atoms with van der Waals surface area (Å²) in [6, 6.07) is 7.91. The number of benzene rings is 1. The van der Waals surface area contributed by atoms with Crippen LogP contribution in [0.3, 0.4) is 0 Å². The lowest BCUT2D eigenvalue weighted by Crippen LogP contribution is -2.37. The average Bonchev–Trinajstić information content (AvgIpc) is 3.06. The van der Waals surface area contributed by atoms with Gasteiger partial charge in [0.2, 0.25) is 5.43 Å². The minimum atomic E-state index is -0.196. The van der Waals surface area contributed by atoms with Gasteiger partial charge in [-0.25, -0.2) is 0 Å². The number of para-hydroxylation sites is 1. The van der Waals surface area contributed by atoms with Crippen LogP contribution < -0.4 is 10.7 Å². The van der Waals surface area contributed by atoms with Crippen LogP contribution in [0.2, 0.25) is 0 Å². The number of amides is 1. The normalized spacial score (nSPS) is 19.3.